The van der Waals surface area contributed by atoms with Crippen LogP contribution in [0.25, 0.3) is 0 Å². The minimum absolute atomic E-state index is 0. The van der Waals surface area contributed by atoms with E-state index in [1.165, 1.54) is 5.56 Å². The first-order chi connectivity index (χ1) is 9.25. The summed E-state index contributed by atoms with van der Waals surface area (Å²) in [4.78, 5) is 11.7. The summed E-state index contributed by atoms with van der Waals surface area (Å²) in [6.45, 7) is 2.01. The predicted molar refractivity (Wildman–Crippen MR) is 81.2 cm³/mol. The van der Waals surface area contributed by atoms with Crippen molar-refractivity contribution in [3.8, 4) is 0 Å². The highest BCUT2D eigenvalue weighted by atomic mass is 35.5. The van der Waals surface area contributed by atoms with E-state index in [2.05, 4.69) is 16.0 Å². The van der Waals surface area contributed by atoms with Crippen molar-refractivity contribution in [3.05, 3.63) is 35.9 Å². The smallest absolute Gasteiger partial charge is 0.315 e. The van der Waals surface area contributed by atoms with Gasteiger partial charge in [-0.15, -0.1) is 12.4 Å². The summed E-state index contributed by atoms with van der Waals surface area (Å²) in [5.74, 6) is 0. The van der Waals surface area contributed by atoms with Gasteiger partial charge in [-0.25, -0.2) is 4.79 Å². The number of hydrogen-bond donors (Lipinski definition) is 4. The lowest BCUT2D eigenvalue weighted by Crippen LogP contribution is -2.55. The Labute approximate surface area is 125 Å². The topological polar surface area (TPSA) is 73.4 Å². The first kappa shape index (κ1) is 16.8. The number of aliphatic hydroxyl groups is 1. The SMILES string of the molecule is Cl.O=C(NCCc1ccccc1)N[C@H]1CNCC[C@H]1O. The zero-order valence-corrected chi connectivity index (χ0v) is 12.2. The third-order valence-electron chi connectivity index (χ3n) is 3.30. The Morgan fingerprint density at radius 3 is 2.80 bits per heavy atom. The van der Waals surface area contributed by atoms with Crippen LogP contribution in [0.5, 0.6) is 0 Å². The number of carbonyl (C=O) groups is 1. The Kier molecular flexibility index (Phi) is 7.36. The van der Waals surface area contributed by atoms with E-state index in [9.17, 15) is 9.90 Å². The van der Waals surface area contributed by atoms with Crippen LogP contribution in [0.2, 0.25) is 0 Å². The van der Waals surface area contributed by atoms with Gasteiger partial charge in [0.05, 0.1) is 12.1 Å². The Morgan fingerprint density at radius 2 is 2.10 bits per heavy atom. The zero-order chi connectivity index (χ0) is 13.5. The molecular formula is C14H22ClN3O2. The average Bonchev–Trinajstić information content (AvgIpc) is 2.43. The van der Waals surface area contributed by atoms with Crippen LogP contribution in [0, 0.1) is 0 Å². The van der Waals surface area contributed by atoms with Gasteiger partial charge in [0, 0.05) is 13.1 Å². The quantitative estimate of drug-likeness (QED) is 0.660. The molecule has 5 nitrogen and oxygen atoms in total. The molecule has 0 bridgehead atoms. The summed E-state index contributed by atoms with van der Waals surface area (Å²) in [6.07, 6.45) is 1.02. The summed E-state index contributed by atoms with van der Waals surface area (Å²) < 4.78 is 0. The Hall–Kier alpha value is -1.30. The van der Waals surface area contributed by atoms with Crippen LogP contribution < -0.4 is 16.0 Å². The largest absolute Gasteiger partial charge is 0.391 e. The minimum Gasteiger partial charge on any atom is -0.391 e. The Morgan fingerprint density at radius 1 is 1.35 bits per heavy atom. The number of piperidine rings is 1. The van der Waals surface area contributed by atoms with Crippen molar-refractivity contribution in [3.63, 3.8) is 0 Å². The molecule has 1 aliphatic rings. The summed E-state index contributed by atoms with van der Waals surface area (Å²) in [6, 6.07) is 9.59. The van der Waals surface area contributed by atoms with Crippen molar-refractivity contribution < 1.29 is 9.90 Å². The molecule has 112 valence electrons. The molecule has 0 aromatic heterocycles. The molecule has 0 saturated carbocycles. The summed E-state index contributed by atoms with van der Waals surface area (Å²) in [5.41, 5.74) is 1.20. The molecule has 1 aromatic rings. The first-order valence-corrected chi connectivity index (χ1v) is 6.73. The molecule has 2 atom stereocenters. The lowest BCUT2D eigenvalue weighted by Gasteiger charge is -2.29. The minimum atomic E-state index is -0.457. The molecule has 1 fully saturated rings. The number of urea groups is 1. The van der Waals surface area contributed by atoms with Crippen molar-refractivity contribution in [1.82, 2.24) is 16.0 Å². The maximum Gasteiger partial charge on any atom is 0.315 e. The third kappa shape index (κ3) is 5.36. The van der Waals surface area contributed by atoms with Gasteiger partial charge in [-0.05, 0) is 24.9 Å². The molecule has 2 amide bonds. The number of halogens is 1. The maximum atomic E-state index is 11.7. The predicted octanol–water partition coefficient (Wildman–Crippen LogP) is 0.673. The number of benzene rings is 1. The second kappa shape index (κ2) is 8.79. The van der Waals surface area contributed by atoms with Gasteiger partial charge in [-0.3, -0.25) is 0 Å². The van der Waals surface area contributed by atoms with Crippen molar-refractivity contribution in [2.45, 2.75) is 25.0 Å². The van der Waals surface area contributed by atoms with E-state index in [-0.39, 0.29) is 24.5 Å². The third-order valence-corrected chi connectivity index (χ3v) is 3.30. The first-order valence-electron chi connectivity index (χ1n) is 6.73. The van der Waals surface area contributed by atoms with Crippen molar-refractivity contribution in [2.24, 2.45) is 0 Å². The van der Waals surface area contributed by atoms with Gasteiger partial charge in [0.1, 0.15) is 0 Å². The highest BCUT2D eigenvalue weighted by Gasteiger charge is 2.23. The second-order valence-corrected chi connectivity index (χ2v) is 4.80. The Bertz CT molecular complexity index is 403. The second-order valence-electron chi connectivity index (χ2n) is 4.80. The highest BCUT2D eigenvalue weighted by Crippen LogP contribution is 2.03. The fourth-order valence-corrected chi connectivity index (χ4v) is 2.18. The van der Waals surface area contributed by atoms with E-state index in [1.54, 1.807) is 0 Å². The lowest BCUT2D eigenvalue weighted by atomic mass is 10.0. The molecular weight excluding hydrogens is 278 g/mol. The number of amides is 2. The number of rotatable bonds is 4. The van der Waals surface area contributed by atoms with Gasteiger partial charge in [0.25, 0.3) is 0 Å². The zero-order valence-electron chi connectivity index (χ0n) is 11.3. The van der Waals surface area contributed by atoms with Crippen LogP contribution in [0.4, 0.5) is 4.79 Å². The van der Waals surface area contributed by atoms with E-state index in [0.29, 0.717) is 19.5 Å². The number of aliphatic hydroxyl groups excluding tert-OH is 1. The van der Waals surface area contributed by atoms with Crippen LogP contribution in [0.1, 0.15) is 12.0 Å². The van der Waals surface area contributed by atoms with Gasteiger partial charge < -0.3 is 21.1 Å². The van der Waals surface area contributed by atoms with Crippen LogP contribution >= 0.6 is 12.4 Å². The molecule has 1 aromatic carbocycles. The maximum absolute atomic E-state index is 11.7. The van der Waals surface area contributed by atoms with Gasteiger partial charge in [0.2, 0.25) is 0 Å². The van der Waals surface area contributed by atoms with Crippen molar-refractivity contribution in [1.29, 1.82) is 0 Å². The number of nitrogens with one attached hydrogen (secondary N) is 3. The highest BCUT2D eigenvalue weighted by molar-refractivity contribution is 5.85. The molecule has 20 heavy (non-hydrogen) atoms. The van der Waals surface area contributed by atoms with Crippen LogP contribution in [0.3, 0.4) is 0 Å². The standard InChI is InChI=1S/C14H21N3O2.ClH/c18-13-7-8-15-10-12(13)17-14(19)16-9-6-11-4-2-1-3-5-11;/h1-5,12-13,15,18H,6-10H2,(H2,16,17,19);1H/t12-,13+;/m0./s1. The number of carbonyl (C=O) groups excluding carboxylic acids is 1. The molecule has 2 rings (SSSR count). The fourth-order valence-electron chi connectivity index (χ4n) is 2.18. The summed E-state index contributed by atoms with van der Waals surface area (Å²) >= 11 is 0. The molecule has 4 N–H and O–H groups in total. The monoisotopic (exact) mass is 299 g/mol. The van der Waals surface area contributed by atoms with Crippen molar-refractivity contribution >= 4 is 18.4 Å². The van der Waals surface area contributed by atoms with E-state index < -0.39 is 6.10 Å². The normalized spacial score (nSPS) is 21.6. The molecule has 0 aliphatic carbocycles. The van der Waals surface area contributed by atoms with E-state index in [0.717, 1.165) is 13.0 Å². The molecule has 6 heteroatoms. The lowest BCUT2D eigenvalue weighted by molar-refractivity contribution is 0.102. The molecule has 0 unspecified atom stereocenters. The number of hydrogen-bond acceptors (Lipinski definition) is 3. The Balaban J connectivity index is 0.00000200. The summed E-state index contributed by atoms with van der Waals surface area (Å²) in [7, 11) is 0. The molecule has 0 radical (unpaired) electrons. The molecule has 1 aliphatic heterocycles. The van der Waals surface area contributed by atoms with E-state index >= 15 is 0 Å². The van der Waals surface area contributed by atoms with Crippen molar-refractivity contribution in [2.75, 3.05) is 19.6 Å². The van der Waals surface area contributed by atoms with Crippen LogP contribution in [-0.2, 0) is 6.42 Å². The van der Waals surface area contributed by atoms with Gasteiger partial charge in [-0.1, -0.05) is 30.3 Å². The fraction of sp³-hybridized carbons (Fsp3) is 0.500. The van der Waals surface area contributed by atoms with E-state index in [4.69, 9.17) is 0 Å². The van der Waals surface area contributed by atoms with Gasteiger partial charge >= 0.3 is 6.03 Å². The van der Waals surface area contributed by atoms with Gasteiger partial charge in [0.15, 0.2) is 0 Å². The molecule has 1 heterocycles. The average molecular weight is 300 g/mol. The summed E-state index contributed by atoms with van der Waals surface area (Å²) in [5, 5.41) is 18.5. The van der Waals surface area contributed by atoms with Crippen LogP contribution in [0.15, 0.2) is 30.3 Å². The molecule has 1 saturated heterocycles. The van der Waals surface area contributed by atoms with Crippen LogP contribution in [-0.4, -0.2) is 42.9 Å². The molecule has 0 spiro atoms. The van der Waals surface area contributed by atoms with Gasteiger partial charge in [-0.2, -0.15) is 0 Å². The van der Waals surface area contributed by atoms with E-state index in [1.807, 2.05) is 30.3 Å².